The van der Waals surface area contributed by atoms with Crippen LogP contribution in [0.15, 0.2) is 36.7 Å². The molecule has 2 rings (SSSR count). The molecule has 0 bridgehead atoms. The van der Waals surface area contributed by atoms with Crippen molar-refractivity contribution in [1.82, 2.24) is 10.3 Å². The molecule has 0 fully saturated rings. The van der Waals surface area contributed by atoms with E-state index in [0.717, 1.165) is 0 Å². The van der Waals surface area contributed by atoms with E-state index in [1.165, 1.54) is 29.2 Å². The Morgan fingerprint density at radius 3 is 2.72 bits per heavy atom. The van der Waals surface area contributed by atoms with Crippen LogP contribution in [0, 0.1) is 5.92 Å². The third kappa shape index (κ3) is 2.54. The fourth-order valence-electron chi connectivity index (χ4n) is 2.76. The first-order valence-electron chi connectivity index (χ1n) is 6.77. The Hall–Kier alpha value is -1.41. The van der Waals surface area contributed by atoms with Gasteiger partial charge in [-0.2, -0.15) is 0 Å². The highest BCUT2D eigenvalue weighted by Gasteiger charge is 2.19. The van der Waals surface area contributed by atoms with Crippen molar-refractivity contribution in [3.8, 4) is 0 Å². The molecule has 0 saturated carbocycles. The highest BCUT2D eigenvalue weighted by Crippen LogP contribution is 2.29. The van der Waals surface area contributed by atoms with Crippen LogP contribution >= 0.6 is 0 Å². The lowest BCUT2D eigenvalue weighted by molar-refractivity contribution is 0.385. The van der Waals surface area contributed by atoms with Crippen LogP contribution in [0.3, 0.4) is 0 Å². The lowest BCUT2D eigenvalue weighted by atomic mass is 9.89. The zero-order valence-electron chi connectivity index (χ0n) is 11.5. The predicted octanol–water partition coefficient (Wildman–Crippen LogP) is 3.93. The molecule has 18 heavy (non-hydrogen) atoms. The first kappa shape index (κ1) is 13.0. The van der Waals surface area contributed by atoms with Gasteiger partial charge in [0.15, 0.2) is 0 Å². The highest BCUT2D eigenvalue weighted by molar-refractivity contribution is 5.85. The summed E-state index contributed by atoms with van der Waals surface area (Å²) in [4.78, 5) is 4.38. The van der Waals surface area contributed by atoms with Crippen LogP contribution in [-0.4, -0.2) is 12.0 Å². The van der Waals surface area contributed by atoms with Gasteiger partial charge in [0.05, 0.1) is 0 Å². The summed E-state index contributed by atoms with van der Waals surface area (Å²) in [6.45, 7) is 4.55. The molecule has 0 aliphatic rings. The Kier molecular flexibility index (Phi) is 4.32. The highest BCUT2D eigenvalue weighted by atomic mass is 14.9. The van der Waals surface area contributed by atoms with E-state index in [9.17, 15) is 0 Å². The third-order valence-corrected chi connectivity index (χ3v) is 3.66. The van der Waals surface area contributed by atoms with E-state index in [2.05, 4.69) is 48.4 Å². The van der Waals surface area contributed by atoms with Crippen molar-refractivity contribution in [2.75, 3.05) is 7.05 Å². The molecule has 0 aliphatic heterocycles. The maximum Gasteiger partial charge on any atom is 0.0365 e. The van der Waals surface area contributed by atoms with Gasteiger partial charge in [-0.05, 0) is 30.3 Å². The van der Waals surface area contributed by atoms with Gasteiger partial charge in [-0.25, -0.2) is 0 Å². The van der Waals surface area contributed by atoms with E-state index in [4.69, 9.17) is 0 Å². The molecule has 1 aromatic heterocycles. The zero-order chi connectivity index (χ0) is 13.0. The van der Waals surface area contributed by atoms with Crippen LogP contribution in [0.5, 0.6) is 0 Å². The van der Waals surface area contributed by atoms with Gasteiger partial charge in [0, 0.05) is 23.8 Å². The second kappa shape index (κ2) is 5.96. The van der Waals surface area contributed by atoms with E-state index in [-0.39, 0.29) is 0 Å². The number of fused-ring (bicyclic) bond motifs is 1. The topological polar surface area (TPSA) is 24.9 Å². The van der Waals surface area contributed by atoms with Crippen molar-refractivity contribution in [3.63, 3.8) is 0 Å². The van der Waals surface area contributed by atoms with E-state index in [1.807, 2.05) is 19.4 Å². The SMILES string of the molecule is CCCC(C)C(NC)c1cncc2ccccc12. The molecular weight excluding hydrogens is 220 g/mol. The molecule has 2 unspecified atom stereocenters. The maximum absolute atomic E-state index is 4.38. The summed E-state index contributed by atoms with van der Waals surface area (Å²) in [6.07, 6.45) is 6.40. The number of nitrogens with zero attached hydrogens (tertiary/aromatic N) is 1. The van der Waals surface area contributed by atoms with Crippen LogP contribution in [0.1, 0.15) is 38.3 Å². The van der Waals surface area contributed by atoms with Gasteiger partial charge < -0.3 is 5.32 Å². The summed E-state index contributed by atoms with van der Waals surface area (Å²) in [7, 11) is 2.04. The minimum Gasteiger partial charge on any atom is -0.313 e. The number of pyridine rings is 1. The van der Waals surface area contributed by atoms with Gasteiger partial charge in [0.2, 0.25) is 0 Å². The number of aromatic nitrogens is 1. The summed E-state index contributed by atoms with van der Waals surface area (Å²) in [6, 6.07) is 8.86. The zero-order valence-corrected chi connectivity index (χ0v) is 11.5. The lowest BCUT2D eigenvalue weighted by Gasteiger charge is -2.24. The quantitative estimate of drug-likeness (QED) is 0.859. The molecule has 1 aromatic carbocycles. The van der Waals surface area contributed by atoms with E-state index < -0.39 is 0 Å². The number of hydrogen-bond acceptors (Lipinski definition) is 2. The molecular formula is C16H22N2. The Bertz CT molecular complexity index is 502. The molecule has 1 heterocycles. The predicted molar refractivity (Wildman–Crippen MR) is 77.6 cm³/mol. The molecule has 1 N–H and O–H groups in total. The van der Waals surface area contributed by atoms with E-state index in [1.54, 1.807) is 0 Å². The first-order valence-corrected chi connectivity index (χ1v) is 6.77. The normalized spacial score (nSPS) is 14.6. The standard InChI is InChI=1S/C16H22N2/c1-4-7-12(2)16(17-3)15-11-18-10-13-8-5-6-9-14(13)15/h5-6,8-12,16-17H,4,7H2,1-3H3. The largest absolute Gasteiger partial charge is 0.313 e. The Morgan fingerprint density at radius 2 is 2.00 bits per heavy atom. The van der Waals surface area contributed by atoms with Crippen molar-refractivity contribution in [2.45, 2.75) is 32.7 Å². The van der Waals surface area contributed by atoms with Crippen molar-refractivity contribution in [1.29, 1.82) is 0 Å². The monoisotopic (exact) mass is 242 g/mol. The van der Waals surface area contributed by atoms with Crippen LogP contribution in [0.4, 0.5) is 0 Å². The Morgan fingerprint density at radius 1 is 1.22 bits per heavy atom. The van der Waals surface area contributed by atoms with Crippen LogP contribution in [0.25, 0.3) is 10.8 Å². The lowest BCUT2D eigenvalue weighted by Crippen LogP contribution is -2.23. The van der Waals surface area contributed by atoms with Crippen molar-refractivity contribution < 1.29 is 0 Å². The Labute approximate surface area is 109 Å². The number of hydrogen-bond donors (Lipinski definition) is 1. The summed E-state index contributed by atoms with van der Waals surface area (Å²) >= 11 is 0. The van der Waals surface area contributed by atoms with E-state index >= 15 is 0 Å². The van der Waals surface area contributed by atoms with E-state index in [0.29, 0.717) is 12.0 Å². The minimum absolute atomic E-state index is 0.378. The molecule has 0 saturated heterocycles. The Balaban J connectivity index is 2.44. The second-order valence-electron chi connectivity index (χ2n) is 4.98. The average molecular weight is 242 g/mol. The maximum atomic E-state index is 4.38. The summed E-state index contributed by atoms with van der Waals surface area (Å²) in [5.74, 6) is 0.618. The number of rotatable bonds is 5. The molecule has 2 nitrogen and oxygen atoms in total. The minimum atomic E-state index is 0.378. The van der Waals surface area contributed by atoms with Gasteiger partial charge in [-0.1, -0.05) is 44.5 Å². The smallest absolute Gasteiger partial charge is 0.0365 e. The van der Waals surface area contributed by atoms with Gasteiger partial charge in [-0.3, -0.25) is 4.98 Å². The summed E-state index contributed by atoms with van der Waals surface area (Å²) in [5, 5.41) is 5.99. The van der Waals surface area contributed by atoms with Gasteiger partial charge in [-0.15, -0.1) is 0 Å². The molecule has 2 aromatic rings. The molecule has 2 atom stereocenters. The third-order valence-electron chi connectivity index (χ3n) is 3.66. The number of nitrogens with one attached hydrogen (secondary N) is 1. The first-order chi connectivity index (χ1) is 8.77. The molecule has 2 heteroatoms. The van der Waals surface area contributed by atoms with Gasteiger partial charge in [0.1, 0.15) is 0 Å². The van der Waals surface area contributed by atoms with Crippen LogP contribution in [-0.2, 0) is 0 Å². The molecule has 0 spiro atoms. The fraction of sp³-hybridized carbons (Fsp3) is 0.438. The fourth-order valence-corrected chi connectivity index (χ4v) is 2.76. The molecule has 96 valence electrons. The molecule has 0 aliphatic carbocycles. The van der Waals surface area contributed by atoms with Gasteiger partial charge in [0.25, 0.3) is 0 Å². The van der Waals surface area contributed by atoms with Crippen LogP contribution in [0.2, 0.25) is 0 Å². The average Bonchev–Trinajstić information content (AvgIpc) is 2.40. The van der Waals surface area contributed by atoms with Crippen molar-refractivity contribution in [2.24, 2.45) is 5.92 Å². The van der Waals surface area contributed by atoms with Crippen molar-refractivity contribution >= 4 is 10.8 Å². The van der Waals surface area contributed by atoms with Gasteiger partial charge >= 0.3 is 0 Å². The molecule has 0 radical (unpaired) electrons. The summed E-state index contributed by atoms with van der Waals surface area (Å²) < 4.78 is 0. The second-order valence-corrected chi connectivity index (χ2v) is 4.98. The summed E-state index contributed by atoms with van der Waals surface area (Å²) in [5.41, 5.74) is 1.32. The van der Waals surface area contributed by atoms with Crippen LogP contribution < -0.4 is 5.32 Å². The van der Waals surface area contributed by atoms with Crippen molar-refractivity contribution in [3.05, 3.63) is 42.2 Å². The molecule has 0 amide bonds. The number of benzene rings is 1.